The van der Waals surface area contributed by atoms with Gasteiger partial charge in [0.05, 0.1) is 5.71 Å². The average molecular weight is 128 g/mol. The van der Waals surface area contributed by atoms with Gasteiger partial charge in [-0.1, -0.05) is 5.16 Å². The van der Waals surface area contributed by atoms with Gasteiger partial charge in [0.25, 0.3) is 0 Å². The van der Waals surface area contributed by atoms with Gasteiger partial charge in [0.15, 0.2) is 0 Å². The fourth-order valence-corrected chi connectivity index (χ4v) is 0.215. The van der Waals surface area contributed by atoms with Crippen LogP contribution in [0.4, 0.5) is 0 Å². The van der Waals surface area contributed by atoms with Crippen LogP contribution in [-0.2, 0) is 4.84 Å². The van der Waals surface area contributed by atoms with E-state index < -0.39 is 0 Å². The summed E-state index contributed by atoms with van der Waals surface area (Å²) in [5, 5.41) is 3.70. The number of nitrogens with zero attached hydrogens (tertiary/aromatic N) is 1. The molecule has 0 aromatic rings. The minimum absolute atomic E-state index is 0.195. The monoisotopic (exact) mass is 128 g/mol. The summed E-state index contributed by atoms with van der Waals surface area (Å²) < 4.78 is 0. The second kappa shape index (κ2) is 2.85. The Morgan fingerprint density at radius 3 is 2.00 bits per heavy atom. The lowest BCUT2D eigenvalue weighted by Crippen LogP contribution is -2.16. The number of oxime groups is 1. The Morgan fingerprint density at radius 2 is 1.89 bits per heavy atom. The lowest BCUT2D eigenvalue weighted by molar-refractivity contribution is 0.000994. The molecule has 0 amide bonds. The topological polar surface area (TPSA) is 21.6 Å². The van der Waals surface area contributed by atoms with Crippen LogP contribution in [0.2, 0.25) is 0 Å². The van der Waals surface area contributed by atoms with Gasteiger partial charge < -0.3 is 4.84 Å². The van der Waals surface area contributed by atoms with Crippen molar-refractivity contribution in [2.24, 2.45) is 5.16 Å². The summed E-state index contributed by atoms with van der Waals surface area (Å²) in [6.07, 6.45) is 0. The smallest absolute Gasteiger partial charge is 0.129 e. The van der Waals surface area contributed by atoms with E-state index in [9.17, 15) is 0 Å². The van der Waals surface area contributed by atoms with E-state index in [1.165, 1.54) is 0 Å². The first kappa shape index (κ1) is 8.47. The molecule has 0 saturated carbocycles. The van der Waals surface area contributed by atoms with E-state index in [1.54, 1.807) is 6.92 Å². The van der Waals surface area contributed by atoms with Gasteiger partial charge in [0, 0.05) is 0 Å². The Morgan fingerprint density at radius 1 is 1.44 bits per heavy atom. The number of hydrogen-bond donors (Lipinski definition) is 0. The molecule has 0 aliphatic carbocycles. The Hall–Kier alpha value is -0.530. The molecule has 0 bridgehead atoms. The third-order valence-corrected chi connectivity index (χ3v) is 0.475. The van der Waals surface area contributed by atoms with Crippen LogP contribution < -0.4 is 0 Å². The maximum absolute atomic E-state index is 5.02. The highest BCUT2D eigenvalue weighted by Gasteiger charge is 2.09. The normalized spacial score (nSPS) is 13.7. The Labute approximate surface area is 56.9 Å². The molecule has 0 aliphatic rings. The summed E-state index contributed by atoms with van der Waals surface area (Å²) in [5.74, 6) is 0. The van der Waals surface area contributed by atoms with Crippen LogP contribution in [0.5, 0.6) is 0 Å². The van der Waals surface area contributed by atoms with E-state index in [0.29, 0.717) is 5.71 Å². The molecule has 0 aromatic carbocycles. The van der Waals surface area contributed by atoms with Crippen molar-refractivity contribution in [3.8, 4) is 0 Å². The summed E-state index contributed by atoms with van der Waals surface area (Å²) in [7, 11) is 0. The Kier molecular flexibility index (Phi) is 2.68. The zero-order chi connectivity index (χ0) is 7.49. The number of rotatable bonds is 1. The van der Waals surface area contributed by atoms with Crippen molar-refractivity contribution < 1.29 is 4.84 Å². The van der Waals surface area contributed by atoms with E-state index in [4.69, 9.17) is 4.84 Å². The maximum Gasteiger partial charge on any atom is 0.129 e. The highest BCUT2D eigenvalue weighted by atomic mass is 16.6. The van der Waals surface area contributed by atoms with Crippen LogP contribution in [0.25, 0.3) is 0 Å². The highest BCUT2D eigenvalue weighted by Crippen LogP contribution is 2.06. The van der Waals surface area contributed by atoms with Crippen molar-refractivity contribution in [2.45, 2.75) is 33.3 Å². The van der Waals surface area contributed by atoms with Gasteiger partial charge in [-0.15, -0.1) is 0 Å². The lowest BCUT2D eigenvalue weighted by atomic mass is 10.2. The molecule has 0 saturated heterocycles. The molecular formula is C7H14NO. The molecule has 0 unspecified atom stereocenters. The molecular weight excluding hydrogens is 114 g/mol. The van der Waals surface area contributed by atoms with Crippen molar-refractivity contribution in [3.05, 3.63) is 6.92 Å². The molecule has 2 heteroatoms. The van der Waals surface area contributed by atoms with Crippen molar-refractivity contribution >= 4 is 5.71 Å². The summed E-state index contributed by atoms with van der Waals surface area (Å²) >= 11 is 0. The van der Waals surface area contributed by atoms with Gasteiger partial charge in [-0.2, -0.15) is 0 Å². The first-order valence-corrected chi connectivity index (χ1v) is 2.96. The molecule has 0 spiro atoms. The Balaban J connectivity index is 3.64. The Bertz CT molecular complexity index is 107. The van der Waals surface area contributed by atoms with Crippen molar-refractivity contribution in [1.82, 2.24) is 0 Å². The first-order chi connectivity index (χ1) is 3.92. The number of hydrogen-bond acceptors (Lipinski definition) is 2. The zero-order valence-corrected chi connectivity index (χ0v) is 6.56. The highest BCUT2D eigenvalue weighted by molar-refractivity contribution is 5.85. The first-order valence-electron chi connectivity index (χ1n) is 2.96. The van der Waals surface area contributed by atoms with Crippen LogP contribution in [0.3, 0.4) is 0 Å². The van der Waals surface area contributed by atoms with Gasteiger partial charge in [0.1, 0.15) is 5.60 Å². The molecule has 0 N–H and O–H groups in total. The molecule has 9 heavy (non-hydrogen) atoms. The van der Waals surface area contributed by atoms with E-state index in [0.717, 1.165) is 0 Å². The predicted molar refractivity (Wildman–Crippen MR) is 39.3 cm³/mol. The van der Waals surface area contributed by atoms with Crippen molar-refractivity contribution in [1.29, 1.82) is 0 Å². The predicted octanol–water partition coefficient (Wildman–Crippen LogP) is 2.01. The molecule has 0 heterocycles. The summed E-state index contributed by atoms with van der Waals surface area (Å²) in [6.45, 7) is 11.2. The van der Waals surface area contributed by atoms with E-state index in [1.807, 2.05) is 20.8 Å². The molecule has 2 nitrogen and oxygen atoms in total. The molecule has 53 valence electrons. The fraction of sp³-hybridized carbons (Fsp3) is 0.714. The molecule has 0 atom stereocenters. The average Bonchev–Trinajstić information content (AvgIpc) is 1.59. The zero-order valence-electron chi connectivity index (χ0n) is 6.56. The fourth-order valence-electron chi connectivity index (χ4n) is 0.215. The summed E-state index contributed by atoms with van der Waals surface area (Å²) in [6, 6.07) is 0. The SMILES string of the molecule is [CH2]C(C)=NOC(C)(C)C. The molecule has 1 radical (unpaired) electrons. The second-order valence-electron chi connectivity index (χ2n) is 3.03. The van der Waals surface area contributed by atoms with Gasteiger partial charge in [-0.3, -0.25) is 0 Å². The van der Waals surface area contributed by atoms with Crippen LogP contribution in [-0.4, -0.2) is 11.3 Å². The standard InChI is InChI=1S/C7H14NO/c1-6(2)8-9-7(3,4)5/h1H2,2-5H3. The third kappa shape index (κ3) is 7.47. The van der Waals surface area contributed by atoms with E-state index >= 15 is 0 Å². The molecule has 0 aliphatic heterocycles. The largest absolute Gasteiger partial charge is 0.390 e. The summed E-state index contributed by atoms with van der Waals surface area (Å²) in [4.78, 5) is 5.02. The van der Waals surface area contributed by atoms with Crippen LogP contribution in [0.1, 0.15) is 27.7 Å². The second-order valence-corrected chi connectivity index (χ2v) is 3.03. The summed E-state index contributed by atoms with van der Waals surface area (Å²) in [5.41, 5.74) is 0.504. The molecule has 0 aromatic heterocycles. The van der Waals surface area contributed by atoms with Gasteiger partial charge in [-0.05, 0) is 34.6 Å². The van der Waals surface area contributed by atoms with Crippen LogP contribution in [0, 0.1) is 6.92 Å². The van der Waals surface area contributed by atoms with Gasteiger partial charge >= 0.3 is 0 Å². The molecule has 0 fully saturated rings. The molecule has 0 rings (SSSR count). The minimum Gasteiger partial charge on any atom is -0.390 e. The van der Waals surface area contributed by atoms with Crippen LogP contribution in [0.15, 0.2) is 5.16 Å². The van der Waals surface area contributed by atoms with Crippen LogP contribution >= 0.6 is 0 Å². The van der Waals surface area contributed by atoms with Crippen molar-refractivity contribution in [3.63, 3.8) is 0 Å². The maximum atomic E-state index is 5.02. The van der Waals surface area contributed by atoms with Gasteiger partial charge in [0.2, 0.25) is 0 Å². The minimum atomic E-state index is -0.195. The quantitative estimate of drug-likeness (QED) is 0.391. The third-order valence-electron chi connectivity index (χ3n) is 0.475. The van der Waals surface area contributed by atoms with Crippen molar-refractivity contribution in [2.75, 3.05) is 0 Å². The van der Waals surface area contributed by atoms with Gasteiger partial charge in [-0.25, -0.2) is 0 Å². The lowest BCUT2D eigenvalue weighted by Gasteiger charge is -2.15. The van der Waals surface area contributed by atoms with E-state index in [2.05, 4.69) is 12.1 Å². The van der Waals surface area contributed by atoms with E-state index in [-0.39, 0.29) is 5.60 Å².